The molecule has 0 bridgehead atoms. The van der Waals surface area contributed by atoms with Crippen LogP contribution in [0.25, 0.3) is 0 Å². The Labute approximate surface area is 121 Å². The Morgan fingerprint density at radius 3 is 2.45 bits per heavy atom. The fourth-order valence-corrected chi connectivity index (χ4v) is 1.69. The van der Waals surface area contributed by atoms with Crippen molar-refractivity contribution >= 4 is 23.7 Å². The first kappa shape index (κ1) is 14.1. The van der Waals surface area contributed by atoms with Gasteiger partial charge in [-0.05, 0) is 35.4 Å². The highest BCUT2D eigenvalue weighted by molar-refractivity contribution is 6.30. The Kier molecular flexibility index (Phi) is 4.74. The number of hydrogen-bond acceptors (Lipinski definition) is 3. The first-order valence-corrected chi connectivity index (χ1v) is 6.36. The molecule has 0 aliphatic heterocycles. The molecule has 20 heavy (non-hydrogen) atoms. The van der Waals surface area contributed by atoms with E-state index in [1.54, 1.807) is 54.7 Å². The number of hydrogen-bond donors (Lipinski definition) is 2. The van der Waals surface area contributed by atoms with Crippen molar-refractivity contribution < 1.29 is 9.90 Å². The lowest BCUT2D eigenvalue weighted by Crippen LogP contribution is -2.19. The van der Waals surface area contributed by atoms with Gasteiger partial charge in [-0.1, -0.05) is 35.9 Å². The maximum Gasteiger partial charge on any atom is 0.244 e. The normalized spacial score (nSPS) is 10.7. The second kappa shape index (κ2) is 6.73. The van der Waals surface area contributed by atoms with Crippen molar-refractivity contribution in [1.29, 1.82) is 0 Å². The summed E-state index contributed by atoms with van der Waals surface area (Å²) in [5.74, 6) is -0.0455. The lowest BCUT2D eigenvalue weighted by Gasteiger charge is -2.00. The molecule has 5 heteroatoms. The van der Waals surface area contributed by atoms with E-state index in [1.165, 1.54) is 0 Å². The van der Waals surface area contributed by atoms with Gasteiger partial charge in [0.2, 0.25) is 5.91 Å². The average Bonchev–Trinajstić information content (AvgIpc) is 2.44. The maximum absolute atomic E-state index is 11.6. The first-order valence-electron chi connectivity index (χ1n) is 5.99. The Balaban J connectivity index is 1.85. The van der Waals surface area contributed by atoms with Crippen LogP contribution in [0, 0.1) is 0 Å². The molecule has 2 N–H and O–H groups in total. The molecule has 0 aliphatic carbocycles. The number of nitrogens with one attached hydrogen (secondary N) is 1. The zero-order valence-electron chi connectivity index (χ0n) is 10.6. The van der Waals surface area contributed by atoms with Crippen molar-refractivity contribution in [3.63, 3.8) is 0 Å². The van der Waals surface area contributed by atoms with E-state index < -0.39 is 0 Å². The van der Waals surface area contributed by atoms with E-state index in [1.807, 2.05) is 0 Å². The predicted molar refractivity (Wildman–Crippen MR) is 79.0 cm³/mol. The Bertz CT molecular complexity index is 607. The Morgan fingerprint density at radius 1 is 1.15 bits per heavy atom. The van der Waals surface area contributed by atoms with E-state index >= 15 is 0 Å². The fourth-order valence-electron chi connectivity index (χ4n) is 1.57. The van der Waals surface area contributed by atoms with Crippen molar-refractivity contribution in [2.24, 2.45) is 5.10 Å². The van der Waals surface area contributed by atoms with Crippen LogP contribution in [0.3, 0.4) is 0 Å². The third-order valence-electron chi connectivity index (χ3n) is 2.57. The minimum absolute atomic E-state index is 0.176. The molecule has 0 saturated heterocycles. The predicted octanol–water partition coefficient (Wildman–Crippen LogP) is 2.74. The van der Waals surface area contributed by atoms with Crippen LogP contribution in [-0.2, 0) is 11.2 Å². The van der Waals surface area contributed by atoms with E-state index in [4.69, 9.17) is 16.7 Å². The Morgan fingerprint density at radius 2 is 1.80 bits per heavy atom. The summed E-state index contributed by atoms with van der Waals surface area (Å²) in [6.45, 7) is 0. The van der Waals surface area contributed by atoms with E-state index in [0.29, 0.717) is 5.02 Å². The van der Waals surface area contributed by atoms with Gasteiger partial charge in [0.05, 0.1) is 12.6 Å². The van der Waals surface area contributed by atoms with Gasteiger partial charge in [-0.2, -0.15) is 5.10 Å². The monoisotopic (exact) mass is 288 g/mol. The summed E-state index contributed by atoms with van der Waals surface area (Å²) in [6.07, 6.45) is 1.75. The molecule has 0 saturated carbocycles. The van der Waals surface area contributed by atoms with Crippen LogP contribution in [0.15, 0.2) is 53.6 Å². The summed E-state index contributed by atoms with van der Waals surface area (Å²) in [4.78, 5) is 11.6. The van der Waals surface area contributed by atoms with E-state index in [0.717, 1.165) is 11.1 Å². The molecular formula is C15H13ClN2O2. The minimum Gasteiger partial charge on any atom is -0.508 e. The number of benzene rings is 2. The zero-order chi connectivity index (χ0) is 14.4. The summed E-state index contributed by atoms with van der Waals surface area (Å²) in [7, 11) is 0. The van der Waals surface area contributed by atoms with Gasteiger partial charge >= 0.3 is 0 Å². The maximum atomic E-state index is 11.6. The summed E-state index contributed by atoms with van der Waals surface area (Å²) in [5.41, 5.74) is 4.10. The van der Waals surface area contributed by atoms with Crippen LogP contribution in [0.4, 0.5) is 0 Å². The van der Waals surface area contributed by atoms with Crippen LogP contribution in [0.1, 0.15) is 11.1 Å². The number of carbonyl (C=O) groups is 1. The zero-order valence-corrected chi connectivity index (χ0v) is 11.3. The number of amides is 1. The molecule has 0 atom stereocenters. The van der Waals surface area contributed by atoms with Crippen molar-refractivity contribution in [2.75, 3.05) is 0 Å². The van der Waals surface area contributed by atoms with Gasteiger partial charge in [0.15, 0.2) is 0 Å². The molecule has 0 radical (unpaired) electrons. The van der Waals surface area contributed by atoms with Gasteiger partial charge < -0.3 is 5.11 Å². The molecule has 1 amide bonds. The van der Waals surface area contributed by atoms with Crippen molar-refractivity contribution in [3.8, 4) is 5.75 Å². The van der Waals surface area contributed by atoms with Crippen LogP contribution in [0.2, 0.25) is 5.02 Å². The number of hydrazone groups is 1. The second-order valence-electron chi connectivity index (χ2n) is 4.19. The molecule has 4 nitrogen and oxygen atoms in total. The SMILES string of the molecule is O=C(Cc1ccc(O)cc1)N/N=C\c1ccc(Cl)cc1. The summed E-state index contributed by atoms with van der Waals surface area (Å²) in [6, 6.07) is 13.6. The number of rotatable bonds is 4. The van der Waals surface area contributed by atoms with Gasteiger partial charge in [-0.15, -0.1) is 0 Å². The van der Waals surface area contributed by atoms with Crippen LogP contribution >= 0.6 is 11.6 Å². The summed E-state index contributed by atoms with van der Waals surface area (Å²) >= 11 is 5.77. The molecule has 0 heterocycles. The van der Waals surface area contributed by atoms with E-state index in [9.17, 15) is 4.79 Å². The number of nitrogens with zero attached hydrogens (tertiary/aromatic N) is 1. The molecule has 2 aromatic rings. The lowest BCUT2D eigenvalue weighted by molar-refractivity contribution is -0.120. The topological polar surface area (TPSA) is 61.7 Å². The molecule has 0 aromatic heterocycles. The number of phenols is 1. The molecule has 2 rings (SSSR count). The molecule has 0 spiro atoms. The largest absolute Gasteiger partial charge is 0.508 e. The summed E-state index contributed by atoms with van der Waals surface area (Å²) < 4.78 is 0. The van der Waals surface area contributed by atoms with Gasteiger partial charge in [-0.3, -0.25) is 4.79 Å². The quantitative estimate of drug-likeness (QED) is 0.671. The highest BCUT2D eigenvalue weighted by Gasteiger charge is 2.01. The third-order valence-corrected chi connectivity index (χ3v) is 2.83. The second-order valence-corrected chi connectivity index (χ2v) is 4.62. The number of carbonyl (C=O) groups excluding carboxylic acids is 1. The smallest absolute Gasteiger partial charge is 0.244 e. The van der Waals surface area contributed by atoms with Crippen LogP contribution in [0.5, 0.6) is 5.75 Å². The first-order chi connectivity index (χ1) is 9.63. The van der Waals surface area contributed by atoms with Crippen molar-refractivity contribution in [3.05, 3.63) is 64.7 Å². The highest BCUT2D eigenvalue weighted by atomic mass is 35.5. The summed E-state index contributed by atoms with van der Waals surface area (Å²) in [5, 5.41) is 13.7. The standard InChI is InChI=1S/C15H13ClN2O2/c16-13-5-1-12(2-6-13)10-17-18-15(20)9-11-3-7-14(19)8-4-11/h1-8,10,19H,9H2,(H,18,20)/b17-10-. The van der Waals surface area contributed by atoms with Gasteiger partial charge in [0.25, 0.3) is 0 Å². The van der Waals surface area contributed by atoms with Gasteiger partial charge in [0, 0.05) is 5.02 Å². The number of aromatic hydroxyl groups is 1. The number of phenolic OH excluding ortho intramolecular Hbond substituents is 1. The van der Waals surface area contributed by atoms with Crippen molar-refractivity contribution in [2.45, 2.75) is 6.42 Å². The minimum atomic E-state index is -0.221. The highest BCUT2D eigenvalue weighted by Crippen LogP contribution is 2.10. The molecule has 0 aliphatic rings. The van der Waals surface area contributed by atoms with Crippen LogP contribution in [-0.4, -0.2) is 17.2 Å². The van der Waals surface area contributed by atoms with Crippen molar-refractivity contribution in [1.82, 2.24) is 5.43 Å². The fraction of sp³-hybridized carbons (Fsp3) is 0.0667. The molecule has 0 fully saturated rings. The van der Waals surface area contributed by atoms with Crippen LogP contribution < -0.4 is 5.43 Å². The van der Waals surface area contributed by atoms with Gasteiger partial charge in [0.1, 0.15) is 5.75 Å². The third kappa shape index (κ3) is 4.40. The van der Waals surface area contributed by atoms with Gasteiger partial charge in [-0.25, -0.2) is 5.43 Å². The van der Waals surface area contributed by atoms with E-state index in [-0.39, 0.29) is 18.1 Å². The average molecular weight is 289 g/mol. The van der Waals surface area contributed by atoms with E-state index in [2.05, 4.69) is 10.5 Å². The molecule has 0 unspecified atom stereocenters. The molecule has 102 valence electrons. The lowest BCUT2D eigenvalue weighted by atomic mass is 10.1. The molecule has 2 aromatic carbocycles. The Hall–Kier alpha value is -2.33. The number of halogens is 1. The molecular weight excluding hydrogens is 276 g/mol.